The van der Waals surface area contributed by atoms with E-state index in [9.17, 15) is 4.79 Å². The van der Waals surface area contributed by atoms with E-state index in [0.717, 1.165) is 11.1 Å². The van der Waals surface area contributed by atoms with Crippen LogP contribution < -0.4 is 9.47 Å². The maximum Gasteiger partial charge on any atom is 0.256 e. The molecule has 0 saturated heterocycles. The van der Waals surface area contributed by atoms with E-state index in [2.05, 4.69) is 0 Å². The van der Waals surface area contributed by atoms with Crippen molar-refractivity contribution in [3.05, 3.63) is 93.5 Å². The Morgan fingerprint density at radius 2 is 1.76 bits per heavy atom. The van der Waals surface area contributed by atoms with Gasteiger partial charge in [-0.3, -0.25) is 4.79 Å². The summed E-state index contributed by atoms with van der Waals surface area (Å²) in [6.45, 7) is 2.61. The summed E-state index contributed by atoms with van der Waals surface area (Å²) in [6.07, 6.45) is 0. The average Bonchev–Trinajstić information content (AvgIpc) is 3.19. The van der Waals surface area contributed by atoms with Crippen LogP contribution >= 0.6 is 23.2 Å². The fourth-order valence-corrected chi connectivity index (χ4v) is 3.84. The fraction of sp³-hybridized carbons (Fsp3) is 0.174. The van der Waals surface area contributed by atoms with Gasteiger partial charge in [0.15, 0.2) is 11.5 Å². The number of benzene rings is 3. The van der Waals surface area contributed by atoms with Gasteiger partial charge in [0, 0.05) is 11.6 Å². The molecule has 1 unspecified atom stereocenters. The first-order chi connectivity index (χ1) is 14.0. The van der Waals surface area contributed by atoms with E-state index in [0.29, 0.717) is 33.7 Å². The summed E-state index contributed by atoms with van der Waals surface area (Å²) in [5, 5.41) is 0.823. The molecule has 3 aromatic carbocycles. The minimum Gasteiger partial charge on any atom is -0.454 e. The van der Waals surface area contributed by atoms with Crippen LogP contribution in [0.2, 0.25) is 10.0 Å². The topological polar surface area (TPSA) is 38.8 Å². The van der Waals surface area contributed by atoms with Crippen LogP contribution in [0.4, 0.5) is 0 Å². The molecule has 1 aliphatic rings. The molecule has 29 heavy (non-hydrogen) atoms. The predicted molar refractivity (Wildman–Crippen MR) is 114 cm³/mol. The van der Waals surface area contributed by atoms with Gasteiger partial charge in [-0.15, -0.1) is 0 Å². The molecular formula is C23H19Cl2NO3. The first-order valence-electron chi connectivity index (χ1n) is 9.22. The number of halogens is 2. The molecule has 0 aliphatic carbocycles. The normalized spacial score (nSPS) is 13.2. The van der Waals surface area contributed by atoms with Crippen molar-refractivity contribution in [1.29, 1.82) is 0 Å². The Balaban J connectivity index is 1.69. The Kier molecular flexibility index (Phi) is 5.65. The second kappa shape index (κ2) is 8.36. The number of carbonyl (C=O) groups excluding carboxylic acids is 1. The van der Waals surface area contributed by atoms with Crippen LogP contribution in [0.5, 0.6) is 11.5 Å². The SMILES string of the molecule is CC(c1ccccc1)N(Cc1ccc2c(c1)OCO2)C(=O)c1ccc(Cl)cc1Cl. The molecule has 0 radical (unpaired) electrons. The molecule has 0 aromatic heterocycles. The highest BCUT2D eigenvalue weighted by Gasteiger charge is 2.25. The number of ether oxygens (including phenoxy) is 2. The molecule has 1 heterocycles. The monoisotopic (exact) mass is 427 g/mol. The molecule has 0 spiro atoms. The molecular weight excluding hydrogens is 409 g/mol. The molecule has 0 saturated carbocycles. The zero-order valence-electron chi connectivity index (χ0n) is 15.8. The predicted octanol–water partition coefficient (Wildman–Crippen LogP) is 6.13. The molecule has 6 heteroatoms. The van der Waals surface area contributed by atoms with Crippen molar-refractivity contribution < 1.29 is 14.3 Å². The molecule has 4 rings (SSSR count). The molecule has 0 bridgehead atoms. The third kappa shape index (κ3) is 4.19. The summed E-state index contributed by atoms with van der Waals surface area (Å²) < 4.78 is 10.9. The zero-order chi connectivity index (χ0) is 20.4. The Hall–Kier alpha value is -2.69. The first-order valence-corrected chi connectivity index (χ1v) is 9.98. The van der Waals surface area contributed by atoms with Gasteiger partial charge in [-0.2, -0.15) is 0 Å². The van der Waals surface area contributed by atoms with Gasteiger partial charge in [0.25, 0.3) is 5.91 Å². The van der Waals surface area contributed by atoms with E-state index < -0.39 is 0 Å². The van der Waals surface area contributed by atoms with Crippen molar-refractivity contribution in [3.63, 3.8) is 0 Å². The largest absolute Gasteiger partial charge is 0.454 e. The molecule has 1 amide bonds. The molecule has 4 nitrogen and oxygen atoms in total. The van der Waals surface area contributed by atoms with Crippen LogP contribution in [0.3, 0.4) is 0 Å². The third-order valence-electron chi connectivity index (χ3n) is 4.96. The molecule has 1 atom stereocenters. The number of nitrogens with zero attached hydrogens (tertiary/aromatic N) is 1. The van der Waals surface area contributed by atoms with Crippen molar-refractivity contribution in [2.24, 2.45) is 0 Å². The maximum absolute atomic E-state index is 13.5. The summed E-state index contributed by atoms with van der Waals surface area (Å²) >= 11 is 12.3. The maximum atomic E-state index is 13.5. The van der Waals surface area contributed by atoms with Crippen LogP contribution in [0.15, 0.2) is 66.7 Å². The van der Waals surface area contributed by atoms with Gasteiger partial charge in [-0.1, -0.05) is 59.6 Å². The zero-order valence-corrected chi connectivity index (χ0v) is 17.3. The van der Waals surface area contributed by atoms with E-state index >= 15 is 0 Å². The minimum atomic E-state index is -0.166. The minimum absolute atomic E-state index is 0.166. The van der Waals surface area contributed by atoms with E-state index in [1.54, 1.807) is 23.1 Å². The number of hydrogen-bond acceptors (Lipinski definition) is 3. The van der Waals surface area contributed by atoms with Crippen molar-refractivity contribution in [1.82, 2.24) is 4.90 Å². The van der Waals surface area contributed by atoms with Crippen LogP contribution in [-0.4, -0.2) is 17.6 Å². The lowest BCUT2D eigenvalue weighted by atomic mass is 10.0. The highest BCUT2D eigenvalue weighted by atomic mass is 35.5. The summed E-state index contributed by atoms with van der Waals surface area (Å²) in [7, 11) is 0. The Morgan fingerprint density at radius 3 is 2.52 bits per heavy atom. The number of rotatable bonds is 5. The van der Waals surface area contributed by atoms with Gasteiger partial charge in [-0.05, 0) is 48.4 Å². The molecule has 0 N–H and O–H groups in total. The highest BCUT2D eigenvalue weighted by molar-refractivity contribution is 6.36. The molecule has 3 aromatic rings. The lowest BCUT2D eigenvalue weighted by molar-refractivity contribution is 0.0674. The van der Waals surface area contributed by atoms with Crippen molar-refractivity contribution >= 4 is 29.1 Å². The molecule has 1 aliphatic heterocycles. The van der Waals surface area contributed by atoms with Gasteiger partial charge in [-0.25, -0.2) is 0 Å². The van der Waals surface area contributed by atoms with Crippen molar-refractivity contribution in [2.45, 2.75) is 19.5 Å². The van der Waals surface area contributed by atoms with Crippen molar-refractivity contribution in [3.8, 4) is 11.5 Å². The lowest BCUT2D eigenvalue weighted by Gasteiger charge is -2.30. The number of amides is 1. The molecule has 148 valence electrons. The van der Waals surface area contributed by atoms with Gasteiger partial charge in [0.2, 0.25) is 6.79 Å². The summed E-state index contributed by atoms with van der Waals surface area (Å²) in [5.74, 6) is 1.23. The second-order valence-electron chi connectivity index (χ2n) is 6.83. The van der Waals surface area contributed by atoms with Crippen LogP contribution in [0, 0.1) is 0 Å². The lowest BCUT2D eigenvalue weighted by Crippen LogP contribution is -2.33. The summed E-state index contributed by atoms with van der Waals surface area (Å²) in [4.78, 5) is 15.3. The fourth-order valence-electron chi connectivity index (χ4n) is 3.35. The molecule has 0 fully saturated rings. The van der Waals surface area contributed by atoms with E-state index in [1.165, 1.54) is 0 Å². The number of fused-ring (bicyclic) bond motifs is 1. The smallest absolute Gasteiger partial charge is 0.256 e. The van der Waals surface area contributed by atoms with Crippen molar-refractivity contribution in [2.75, 3.05) is 6.79 Å². The Bertz CT molecular complexity index is 1040. The third-order valence-corrected chi connectivity index (χ3v) is 5.51. The quantitative estimate of drug-likeness (QED) is 0.491. The van der Waals surface area contributed by atoms with Gasteiger partial charge in [0.1, 0.15) is 0 Å². The van der Waals surface area contributed by atoms with Crippen LogP contribution in [0.25, 0.3) is 0 Å². The average molecular weight is 428 g/mol. The number of carbonyl (C=O) groups is 1. The van der Waals surface area contributed by atoms with Gasteiger partial charge < -0.3 is 14.4 Å². The van der Waals surface area contributed by atoms with Gasteiger partial charge >= 0.3 is 0 Å². The Labute approximate surface area is 179 Å². The summed E-state index contributed by atoms with van der Waals surface area (Å²) in [5.41, 5.74) is 2.39. The van der Waals surface area contributed by atoms with Crippen LogP contribution in [0.1, 0.15) is 34.5 Å². The summed E-state index contributed by atoms with van der Waals surface area (Å²) in [6, 6.07) is 20.4. The van der Waals surface area contributed by atoms with E-state index in [4.69, 9.17) is 32.7 Å². The number of hydrogen-bond donors (Lipinski definition) is 0. The van der Waals surface area contributed by atoms with Crippen LogP contribution in [-0.2, 0) is 6.54 Å². The van der Waals surface area contributed by atoms with E-state index in [-0.39, 0.29) is 18.7 Å². The second-order valence-corrected chi connectivity index (χ2v) is 7.68. The highest BCUT2D eigenvalue weighted by Crippen LogP contribution is 2.34. The van der Waals surface area contributed by atoms with Gasteiger partial charge in [0.05, 0.1) is 16.6 Å². The standard InChI is InChI=1S/C23H19Cl2NO3/c1-15(17-5-3-2-4-6-17)26(23(27)19-9-8-18(24)12-20(19)25)13-16-7-10-21-22(11-16)29-14-28-21/h2-12,15H,13-14H2,1H3. The Morgan fingerprint density at radius 1 is 1.00 bits per heavy atom. The van der Waals surface area contributed by atoms with E-state index in [1.807, 2.05) is 55.5 Å². The first kappa shape index (κ1) is 19.6.